The maximum Gasteiger partial charge on any atom is 0.354 e. The van der Waals surface area contributed by atoms with Crippen molar-refractivity contribution in [2.45, 2.75) is 43.8 Å². The van der Waals surface area contributed by atoms with Gasteiger partial charge in [0, 0.05) is 31.7 Å². The van der Waals surface area contributed by atoms with Crippen molar-refractivity contribution < 1.29 is 32.6 Å². The summed E-state index contributed by atoms with van der Waals surface area (Å²) in [6.07, 6.45) is 2.64. The summed E-state index contributed by atoms with van der Waals surface area (Å²) >= 11 is -1.75. The molecule has 1 aromatic carbocycles. The zero-order valence-electron chi connectivity index (χ0n) is 14.1. The first-order chi connectivity index (χ1) is 12.9. The van der Waals surface area contributed by atoms with Crippen LogP contribution in [-0.2, 0) is 23.9 Å². The number of rotatable bonds is 2. The number of carbonyl (C=O) groups is 3. The number of carbonyl (C=O) groups excluding carboxylic acids is 3. The molecule has 3 aliphatic rings. The van der Waals surface area contributed by atoms with Gasteiger partial charge in [0.05, 0.1) is 3.57 Å². The van der Waals surface area contributed by atoms with E-state index in [2.05, 4.69) is 5.32 Å². The molecular weight excluding hydrogens is 475 g/mol. The predicted molar refractivity (Wildman–Crippen MR) is 97.8 cm³/mol. The molecule has 1 spiro atoms. The topological polar surface area (TPSA) is 81.7 Å². The van der Waals surface area contributed by atoms with Gasteiger partial charge >= 0.3 is 11.9 Å². The zero-order valence-corrected chi connectivity index (χ0v) is 16.3. The second-order valence-electron chi connectivity index (χ2n) is 6.81. The average molecular weight is 491 g/mol. The number of nitrogens with one attached hydrogen (secondary N) is 1. The van der Waals surface area contributed by atoms with E-state index in [0.29, 0.717) is 24.9 Å². The molecular formula is C18H16F2INO5. The van der Waals surface area contributed by atoms with Gasteiger partial charge in [0.15, 0.2) is 3.51 Å². The van der Waals surface area contributed by atoms with Gasteiger partial charge in [-0.2, -0.15) is 0 Å². The van der Waals surface area contributed by atoms with Crippen molar-refractivity contribution in [1.29, 1.82) is 0 Å². The Kier molecular flexibility index (Phi) is 4.73. The number of hydrogen-bond donors (Lipinski definition) is 1. The molecule has 4 rings (SSSR count). The summed E-state index contributed by atoms with van der Waals surface area (Å²) in [5.74, 6) is -5.00. The van der Waals surface area contributed by atoms with Crippen LogP contribution in [0.15, 0.2) is 12.1 Å². The highest BCUT2D eigenvalue weighted by molar-refractivity contribution is 14.2. The van der Waals surface area contributed by atoms with E-state index in [9.17, 15) is 23.2 Å². The minimum atomic E-state index is -1.75. The Balaban J connectivity index is 1.62. The smallest absolute Gasteiger partial charge is 0.354 e. The molecule has 2 aliphatic heterocycles. The van der Waals surface area contributed by atoms with E-state index in [1.165, 1.54) is 12.1 Å². The predicted octanol–water partition coefficient (Wildman–Crippen LogP) is 2.25. The van der Waals surface area contributed by atoms with E-state index >= 15 is 0 Å². The fraction of sp³-hybridized carbons (Fsp3) is 0.444. The SMILES string of the molecule is O=C1CC(c2cc(F)c(I=C3C(=O)OC4(CCCC4)OC3=O)c(F)c2)CN1. The molecule has 0 bridgehead atoms. The molecule has 1 amide bonds. The van der Waals surface area contributed by atoms with Crippen LogP contribution in [-0.4, -0.2) is 33.7 Å². The van der Waals surface area contributed by atoms with Crippen molar-refractivity contribution in [3.8, 4) is 0 Å². The maximum absolute atomic E-state index is 14.5. The number of amides is 1. The Morgan fingerprint density at radius 2 is 1.63 bits per heavy atom. The Morgan fingerprint density at radius 3 is 2.15 bits per heavy atom. The van der Waals surface area contributed by atoms with Crippen molar-refractivity contribution in [2.75, 3.05) is 6.54 Å². The normalized spacial score (nSPS) is 24.1. The maximum atomic E-state index is 14.5. The molecule has 0 aromatic heterocycles. The van der Waals surface area contributed by atoms with Crippen molar-refractivity contribution in [3.05, 3.63) is 32.9 Å². The average Bonchev–Trinajstić information content (AvgIpc) is 3.22. The Hall–Kier alpha value is -1.91. The number of ether oxygens (including phenoxy) is 2. The summed E-state index contributed by atoms with van der Waals surface area (Å²) in [7, 11) is 0. The molecule has 1 aliphatic carbocycles. The fourth-order valence-electron chi connectivity index (χ4n) is 3.56. The summed E-state index contributed by atoms with van der Waals surface area (Å²) in [6.45, 7) is 0.324. The van der Waals surface area contributed by atoms with Crippen LogP contribution in [0.3, 0.4) is 0 Å². The molecule has 9 heteroatoms. The second-order valence-corrected chi connectivity index (χ2v) is 9.51. The molecule has 1 N–H and O–H groups in total. The summed E-state index contributed by atoms with van der Waals surface area (Å²) in [5.41, 5.74) is 0.375. The fourth-order valence-corrected chi connectivity index (χ4v) is 5.59. The molecule has 1 unspecified atom stereocenters. The van der Waals surface area contributed by atoms with Crippen LogP contribution in [0.25, 0.3) is 0 Å². The number of benzene rings is 1. The van der Waals surface area contributed by atoms with Crippen molar-refractivity contribution in [2.24, 2.45) is 0 Å². The van der Waals surface area contributed by atoms with Crippen molar-refractivity contribution in [3.63, 3.8) is 0 Å². The number of hydrogen-bond acceptors (Lipinski definition) is 5. The first-order valence-electron chi connectivity index (χ1n) is 8.61. The highest BCUT2D eigenvalue weighted by Crippen LogP contribution is 2.38. The summed E-state index contributed by atoms with van der Waals surface area (Å²) in [4.78, 5) is 35.9. The molecule has 2 heterocycles. The van der Waals surface area contributed by atoms with Crippen molar-refractivity contribution >= 4 is 42.1 Å². The minimum Gasteiger partial charge on any atom is -0.418 e. The summed E-state index contributed by atoms with van der Waals surface area (Å²) in [6, 6.07) is 2.34. The molecule has 1 aromatic rings. The van der Waals surface area contributed by atoms with E-state index in [1.54, 1.807) is 0 Å². The second kappa shape index (κ2) is 6.92. The van der Waals surface area contributed by atoms with Crippen molar-refractivity contribution in [1.82, 2.24) is 5.32 Å². The Labute approximate surface area is 163 Å². The highest BCUT2D eigenvalue weighted by Gasteiger charge is 2.48. The molecule has 2 saturated heterocycles. The lowest BCUT2D eigenvalue weighted by Gasteiger charge is -2.32. The monoisotopic (exact) mass is 491 g/mol. The van der Waals surface area contributed by atoms with Gasteiger partial charge < -0.3 is 14.8 Å². The first-order valence-corrected chi connectivity index (χ1v) is 10.8. The number of esters is 2. The highest BCUT2D eigenvalue weighted by atomic mass is 127. The van der Waals surface area contributed by atoms with Gasteiger partial charge in [0.25, 0.3) is 5.79 Å². The van der Waals surface area contributed by atoms with Crippen LogP contribution < -0.4 is 5.32 Å². The quantitative estimate of drug-likeness (QED) is 0.390. The lowest BCUT2D eigenvalue weighted by atomic mass is 9.98. The van der Waals surface area contributed by atoms with Gasteiger partial charge in [-0.15, -0.1) is 0 Å². The molecule has 0 radical (unpaired) electrons. The molecule has 3 fully saturated rings. The third kappa shape index (κ3) is 3.48. The number of halogens is 3. The third-order valence-electron chi connectivity index (χ3n) is 4.93. The zero-order chi connectivity index (χ0) is 19.2. The van der Waals surface area contributed by atoms with E-state index in [0.717, 1.165) is 12.8 Å². The Bertz CT molecular complexity index is 833. The molecule has 144 valence electrons. The van der Waals surface area contributed by atoms with Crippen LogP contribution in [0.1, 0.15) is 43.6 Å². The van der Waals surface area contributed by atoms with Crippen LogP contribution in [0.2, 0.25) is 0 Å². The van der Waals surface area contributed by atoms with E-state index < -0.39 is 50.1 Å². The minimum absolute atomic E-state index is 0.165. The largest absolute Gasteiger partial charge is 0.418 e. The van der Waals surface area contributed by atoms with E-state index in [4.69, 9.17) is 9.47 Å². The van der Waals surface area contributed by atoms with E-state index in [1.807, 2.05) is 0 Å². The van der Waals surface area contributed by atoms with Gasteiger partial charge in [-0.3, -0.25) is 4.79 Å². The van der Waals surface area contributed by atoms with Crippen LogP contribution >= 0.6 is 20.7 Å². The standard InChI is InChI=1S/C18H16F2INO5/c19-11-5-9(10-7-13(23)22-8-10)6-12(20)14(11)21-15-16(24)26-18(27-17(15)25)3-1-2-4-18/h5-6,10H,1-4,7-8H2,(H,22,23). The van der Waals surface area contributed by atoms with Gasteiger partial charge in [-0.1, -0.05) is 20.7 Å². The van der Waals surface area contributed by atoms with Gasteiger partial charge in [-0.05, 0) is 30.5 Å². The van der Waals surface area contributed by atoms with Gasteiger partial charge in [0.2, 0.25) is 5.91 Å². The van der Waals surface area contributed by atoms with Crippen LogP contribution in [0.4, 0.5) is 8.78 Å². The van der Waals surface area contributed by atoms with Crippen LogP contribution in [0.5, 0.6) is 0 Å². The lowest BCUT2D eigenvalue weighted by Crippen LogP contribution is -2.48. The van der Waals surface area contributed by atoms with Gasteiger partial charge in [-0.25, -0.2) is 18.4 Å². The van der Waals surface area contributed by atoms with Crippen LogP contribution in [0, 0.1) is 15.2 Å². The molecule has 6 nitrogen and oxygen atoms in total. The molecule has 1 saturated carbocycles. The van der Waals surface area contributed by atoms with E-state index in [-0.39, 0.29) is 25.3 Å². The molecule has 1 atom stereocenters. The van der Waals surface area contributed by atoms with Gasteiger partial charge in [0.1, 0.15) is 11.6 Å². The Morgan fingerprint density at radius 1 is 1.04 bits per heavy atom. The molecule has 27 heavy (non-hydrogen) atoms. The summed E-state index contributed by atoms with van der Waals surface area (Å²) in [5, 5.41) is 2.62. The first kappa shape index (κ1) is 18.5. The summed E-state index contributed by atoms with van der Waals surface area (Å²) < 4.78 is 39.1. The third-order valence-corrected chi connectivity index (χ3v) is 7.92. The lowest BCUT2D eigenvalue weighted by molar-refractivity contribution is -0.224.